The fraction of sp³-hybridized carbons (Fsp3) is 0.308. The Hall–Kier alpha value is -2.02. The smallest absolute Gasteiger partial charge is 0.432 e. The molecule has 0 bridgehead atoms. The molecule has 7 heteroatoms. The molecule has 1 aromatic carbocycles. The first kappa shape index (κ1) is 14.4. The molecule has 0 saturated heterocycles. The third-order valence-corrected chi connectivity index (χ3v) is 3.02. The van der Waals surface area contributed by atoms with Crippen molar-refractivity contribution in [2.45, 2.75) is 12.7 Å². The number of carbonyl (C=O) groups excluding carboxylic acids is 1. The van der Waals surface area contributed by atoms with Crippen LogP contribution in [0.4, 0.5) is 13.2 Å². The number of nitrogens with zero attached hydrogens (tertiary/aromatic N) is 1. The van der Waals surface area contributed by atoms with E-state index in [1.54, 1.807) is 0 Å². The fourth-order valence-electron chi connectivity index (χ4n) is 2.24. The number of hydrogen-bond acceptors (Lipinski definition) is 3. The Morgan fingerprint density at radius 3 is 2.60 bits per heavy atom. The molecule has 1 heterocycles. The summed E-state index contributed by atoms with van der Waals surface area (Å²) < 4.78 is 45.3. The number of aliphatic hydroxyl groups excluding tert-OH is 1. The predicted octanol–water partition coefficient (Wildman–Crippen LogP) is 2.47. The maximum atomic E-state index is 13.1. The predicted molar refractivity (Wildman–Crippen MR) is 66.0 cm³/mol. The van der Waals surface area contributed by atoms with Gasteiger partial charge in [-0.15, -0.1) is 0 Å². The number of ether oxygens (including phenoxy) is 1. The summed E-state index contributed by atoms with van der Waals surface area (Å²) in [5.74, 6) is 0.357. The average molecular weight is 287 g/mol. The first-order chi connectivity index (χ1) is 9.43. The Bertz CT molecular complexity index is 646. The number of fused-ring (bicyclic) bond motifs is 1. The highest BCUT2D eigenvalue weighted by molar-refractivity contribution is 6.00. The molecule has 0 aliphatic heterocycles. The zero-order valence-electron chi connectivity index (χ0n) is 10.6. The van der Waals surface area contributed by atoms with E-state index in [0.29, 0.717) is 5.75 Å². The van der Waals surface area contributed by atoms with E-state index in [4.69, 9.17) is 9.84 Å². The number of benzene rings is 1. The molecule has 0 aliphatic carbocycles. The summed E-state index contributed by atoms with van der Waals surface area (Å²) in [6.07, 6.45) is -4.50. The second-order valence-corrected chi connectivity index (χ2v) is 4.14. The molecule has 0 atom stereocenters. The van der Waals surface area contributed by atoms with Crippen molar-refractivity contribution in [3.8, 4) is 5.75 Å². The largest absolute Gasteiger partial charge is 0.497 e. The van der Waals surface area contributed by atoms with Gasteiger partial charge in [-0.25, -0.2) is 0 Å². The molecule has 0 aliphatic rings. The monoisotopic (exact) mass is 287 g/mol. The lowest BCUT2D eigenvalue weighted by atomic mass is 10.1. The Balaban J connectivity index is 2.87. The van der Waals surface area contributed by atoms with Crippen LogP contribution in [0.3, 0.4) is 0 Å². The number of aldehydes is 1. The summed E-state index contributed by atoms with van der Waals surface area (Å²) in [6, 6.07) is 4.32. The molecule has 108 valence electrons. The molecule has 1 aromatic heterocycles. The number of hydrogen-bond donors (Lipinski definition) is 1. The van der Waals surface area contributed by atoms with Gasteiger partial charge in [0, 0.05) is 17.4 Å². The van der Waals surface area contributed by atoms with Crippen LogP contribution in [0, 0.1) is 0 Å². The van der Waals surface area contributed by atoms with Gasteiger partial charge < -0.3 is 14.4 Å². The van der Waals surface area contributed by atoms with E-state index in [-0.39, 0.29) is 23.7 Å². The average Bonchev–Trinajstić information content (AvgIpc) is 2.72. The third-order valence-electron chi connectivity index (χ3n) is 3.02. The van der Waals surface area contributed by atoms with Gasteiger partial charge >= 0.3 is 6.18 Å². The lowest BCUT2D eigenvalue weighted by molar-refractivity contribution is -0.143. The van der Waals surface area contributed by atoms with Crippen molar-refractivity contribution in [3.05, 3.63) is 29.5 Å². The SMILES string of the molecule is COc1ccc2c(c1)c(C=O)c(C(F)(F)F)n2CCO. The number of aromatic nitrogens is 1. The van der Waals surface area contributed by atoms with Crippen LogP contribution >= 0.6 is 0 Å². The Morgan fingerprint density at radius 2 is 2.10 bits per heavy atom. The molecule has 20 heavy (non-hydrogen) atoms. The van der Waals surface area contributed by atoms with Gasteiger partial charge in [-0.05, 0) is 18.2 Å². The van der Waals surface area contributed by atoms with Gasteiger partial charge in [0.25, 0.3) is 0 Å². The molecule has 0 spiro atoms. The highest BCUT2D eigenvalue weighted by atomic mass is 19.4. The minimum atomic E-state index is -4.68. The lowest BCUT2D eigenvalue weighted by Gasteiger charge is -2.12. The molecular formula is C13H12F3NO3. The quantitative estimate of drug-likeness (QED) is 0.879. The first-order valence-corrected chi connectivity index (χ1v) is 5.77. The summed E-state index contributed by atoms with van der Waals surface area (Å²) in [5, 5.41) is 9.10. The van der Waals surface area contributed by atoms with E-state index >= 15 is 0 Å². The molecule has 0 fully saturated rings. The van der Waals surface area contributed by atoms with Gasteiger partial charge in [0.2, 0.25) is 0 Å². The molecule has 4 nitrogen and oxygen atoms in total. The van der Waals surface area contributed by atoms with Crippen molar-refractivity contribution >= 4 is 17.2 Å². The maximum Gasteiger partial charge on any atom is 0.432 e. The second-order valence-electron chi connectivity index (χ2n) is 4.14. The molecule has 0 amide bonds. The van der Waals surface area contributed by atoms with Crippen LogP contribution in [-0.4, -0.2) is 29.7 Å². The summed E-state index contributed by atoms with van der Waals surface area (Å²) in [7, 11) is 1.39. The number of alkyl halides is 3. The molecular weight excluding hydrogens is 275 g/mol. The highest BCUT2D eigenvalue weighted by Crippen LogP contribution is 2.38. The van der Waals surface area contributed by atoms with E-state index in [0.717, 1.165) is 4.57 Å². The molecule has 0 radical (unpaired) electrons. The van der Waals surface area contributed by atoms with Crippen molar-refractivity contribution in [1.82, 2.24) is 4.57 Å². The van der Waals surface area contributed by atoms with Gasteiger partial charge in [-0.1, -0.05) is 0 Å². The Labute approximate surface area is 112 Å². The standard InChI is InChI=1S/C13H12F3NO3/c1-20-8-2-3-11-9(6-8)10(7-19)12(13(14,15)16)17(11)4-5-18/h2-3,6-7,18H,4-5H2,1H3. The number of rotatable bonds is 4. The minimum Gasteiger partial charge on any atom is -0.497 e. The molecule has 0 unspecified atom stereocenters. The fourth-order valence-corrected chi connectivity index (χ4v) is 2.24. The molecule has 2 aromatic rings. The van der Waals surface area contributed by atoms with Crippen LogP contribution in [-0.2, 0) is 12.7 Å². The molecule has 0 saturated carbocycles. The van der Waals surface area contributed by atoms with Gasteiger partial charge in [0.15, 0.2) is 6.29 Å². The topological polar surface area (TPSA) is 51.5 Å². The van der Waals surface area contributed by atoms with Crippen LogP contribution in [0.15, 0.2) is 18.2 Å². The van der Waals surface area contributed by atoms with Crippen LogP contribution in [0.1, 0.15) is 16.1 Å². The zero-order chi connectivity index (χ0) is 14.9. The molecule has 1 N–H and O–H groups in total. The zero-order valence-corrected chi connectivity index (χ0v) is 10.6. The van der Waals surface area contributed by atoms with Crippen LogP contribution in [0.25, 0.3) is 10.9 Å². The van der Waals surface area contributed by atoms with Gasteiger partial charge in [0.1, 0.15) is 11.4 Å². The van der Waals surface area contributed by atoms with Gasteiger partial charge in [-0.2, -0.15) is 13.2 Å². The number of aliphatic hydroxyl groups is 1. The van der Waals surface area contributed by atoms with Crippen LogP contribution in [0.2, 0.25) is 0 Å². The van der Waals surface area contributed by atoms with E-state index in [9.17, 15) is 18.0 Å². The van der Waals surface area contributed by atoms with Crippen molar-refractivity contribution in [3.63, 3.8) is 0 Å². The van der Waals surface area contributed by atoms with E-state index < -0.39 is 24.0 Å². The Morgan fingerprint density at radius 1 is 1.40 bits per heavy atom. The Kier molecular flexibility index (Phi) is 3.71. The second kappa shape index (κ2) is 5.16. The maximum absolute atomic E-state index is 13.1. The molecule has 2 rings (SSSR count). The summed E-state index contributed by atoms with van der Waals surface area (Å²) in [6.45, 7) is -0.706. The van der Waals surface area contributed by atoms with E-state index in [1.165, 1.54) is 25.3 Å². The lowest BCUT2D eigenvalue weighted by Crippen LogP contribution is -2.17. The summed E-state index contributed by atoms with van der Waals surface area (Å²) in [4.78, 5) is 11.1. The van der Waals surface area contributed by atoms with E-state index in [2.05, 4.69) is 0 Å². The number of carbonyl (C=O) groups is 1. The van der Waals surface area contributed by atoms with Crippen molar-refractivity contribution < 1.29 is 27.8 Å². The number of methoxy groups -OCH3 is 1. The van der Waals surface area contributed by atoms with Crippen LogP contribution in [0.5, 0.6) is 5.75 Å². The highest BCUT2D eigenvalue weighted by Gasteiger charge is 2.39. The summed E-state index contributed by atoms with van der Waals surface area (Å²) >= 11 is 0. The van der Waals surface area contributed by atoms with Crippen molar-refractivity contribution in [2.75, 3.05) is 13.7 Å². The van der Waals surface area contributed by atoms with Gasteiger partial charge in [0.05, 0.1) is 19.3 Å². The van der Waals surface area contributed by atoms with Gasteiger partial charge in [-0.3, -0.25) is 4.79 Å². The summed E-state index contributed by atoms with van der Waals surface area (Å²) in [5.41, 5.74) is -1.26. The normalized spacial score (nSPS) is 11.8. The minimum absolute atomic E-state index is 0.153. The first-order valence-electron chi connectivity index (χ1n) is 5.77. The van der Waals surface area contributed by atoms with Crippen molar-refractivity contribution in [1.29, 1.82) is 0 Å². The third kappa shape index (κ3) is 2.24. The van der Waals surface area contributed by atoms with Crippen LogP contribution < -0.4 is 4.74 Å². The number of halogens is 3. The van der Waals surface area contributed by atoms with E-state index in [1.807, 2.05) is 0 Å². The van der Waals surface area contributed by atoms with Crippen molar-refractivity contribution in [2.24, 2.45) is 0 Å².